The minimum Gasteiger partial charge on any atom is -0.350 e. The van der Waals surface area contributed by atoms with Gasteiger partial charge in [0.05, 0.1) is 6.33 Å². The lowest BCUT2D eigenvalue weighted by Crippen LogP contribution is -2.34. The second kappa shape index (κ2) is 6.12. The number of amides is 1. The van der Waals surface area contributed by atoms with Gasteiger partial charge in [0, 0.05) is 24.9 Å². The summed E-state index contributed by atoms with van der Waals surface area (Å²) in [5, 5.41) is 3.61. The molecule has 7 heteroatoms. The molecule has 6 nitrogen and oxygen atoms in total. The number of aromatic nitrogens is 2. The fourth-order valence-electron chi connectivity index (χ4n) is 2.09. The Hall–Kier alpha value is -1.47. The average Bonchev–Trinajstić information content (AvgIpc) is 2.93. The number of nitrogens with zero attached hydrogens (tertiary/aromatic N) is 3. The highest BCUT2D eigenvalue weighted by Crippen LogP contribution is 2.11. The van der Waals surface area contributed by atoms with Crippen LogP contribution in [0.3, 0.4) is 0 Å². The SMILES string of the molecule is CN(C)CCCN1C(=O)C(Cc2cnc[nH]2)NC1=S. The summed E-state index contributed by atoms with van der Waals surface area (Å²) in [6.45, 7) is 1.61. The molecule has 1 saturated heterocycles. The first-order valence-electron chi connectivity index (χ1n) is 6.32. The summed E-state index contributed by atoms with van der Waals surface area (Å²) in [7, 11) is 4.03. The zero-order valence-corrected chi connectivity index (χ0v) is 12.0. The Morgan fingerprint density at radius 2 is 2.32 bits per heavy atom. The number of H-pyrrole nitrogens is 1. The molecule has 0 spiro atoms. The Bertz CT molecular complexity index is 445. The van der Waals surface area contributed by atoms with Crippen molar-refractivity contribution in [2.24, 2.45) is 0 Å². The Kier molecular flexibility index (Phi) is 4.49. The van der Waals surface area contributed by atoms with E-state index in [1.165, 1.54) is 0 Å². The van der Waals surface area contributed by atoms with Crippen molar-refractivity contribution in [3.8, 4) is 0 Å². The number of carbonyl (C=O) groups is 1. The van der Waals surface area contributed by atoms with Crippen LogP contribution in [0.25, 0.3) is 0 Å². The molecular weight excluding hydrogens is 262 g/mol. The molecule has 2 heterocycles. The van der Waals surface area contributed by atoms with E-state index in [9.17, 15) is 4.79 Å². The molecule has 2 N–H and O–H groups in total. The topological polar surface area (TPSA) is 64.3 Å². The van der Waals surface area contributed by atoms with Crippen LogP contribution in [0.2, 0.25) is 0 Å². The van der Waals surface area contributed by atoms with Crippen molar-refractivity contribution in [2.45, 2.75) is 18.9 Å². The van der Waals surface area contributed by atoms with Gasteiger partial charge in [-0.25, -0.2) is 4.98 Å². The van der Waals surface area contributed by atoms with E-state index in [4.69, 9.17) is 12.2 Å². The van der Waals surface area contributed by atoms with Crippen LogP contribution in [0.15, 0.2) is 12.5 Å². The van der Waals surface area contributed by atoms with Gasteiger partial charge in [-0.3, -0.25) is 9.69 Å². The van der Waals surface area contributed by atoms with E-state index >= 15 is 0 Å². The number of rotatable bonds is 6. The summed E-state index contributed by atoms with van der Waals surface area (Å²) in [5.41, 5.74) is 0.934. The molecule has 1 aliphatic heterocycles. The van der Waals surface area contributed by atoms with E-state index in [0.29, 0.717) is 18.1 Å². The Morgan fingerprint density at radius 3 is 2.95 bits per heavy atom. The lowest BCUT2D eigenvalue weighted by molar-refractivity contribution is -0.127. The van der Waals surface area contributed by atoms with Crippen molar-refractivity contribution in [3.63, 3.8) is 0 Å². The van der Waals surface area contributed by atoms with E-state index < -0.39 is 0 Å². The normalized spacial score (nSPS) is 19.3. The molecule has 1 fully saturated rings. The van der Waals surface area contributed by atoms with Crippen LogP contribution in [0.4, 0.5) is 0 Å². The molecule has 104 valence electrons. The molecule has 1 atom stereocenters. The van der Waals surface area contributed by atoms with Crippen molar-refractivity contribution >= 4 is 23.2 Å². The lowest BCUT2D eigenvalue weighted by Gasteiger charge is -2.16. The van der Waals surface area contributed by atoms with Crippen molar-refractivity contribution in [1.29, 1.82) is 0 Å². The first-order valence-corrected chi connectivity index (χ1v) is 6.72. The van der Waals surface area contributed by atoms with E-state index in [1.807, 2.05) is 14.1 Å². The Morgan fingerprint density at radius 1 is 1.53 bits per heavy atom. The molecular formula is C12H19N5OS. The number of hydrogen-bond acceptors (Lipinski definition) is 4. The van der Waals surface area contributed by atoms with Gasteiger partial charge >= 0.3 is 0 Å². The van der Waals surface area contributed by atoms with Crippen molar-refractivity contribution in [1.82, 2.24) is 25.1 Å². The summed E-state index contributed by atoms with van der Waals surface area (Å²) in [6.07, 6.45) is 4.84. The van der Waals surface area contributed by atoms with Crippen LogP contribution >= 0.6 is 12.2 Å². The van der Waals surface area contributed by atoms with Crippen molar-refractivity contribution in [2.75, 3.05) is 27.2 Å². The van der Waals surface area contributed by atoms with Crippen molar-refractivity contribution < 1.29 is 4.79 Å². The summed E-state index contributed by atoms with van der Waals surface area (Å²) in [4.78, 5) is 23.0. The van der Waals surface area contributed by atoms with Crippen LogP contribution in [0.1, 0.15) is 12.1 Å². The first kappa shape index (κ1) is 14.0. The van der Waals surface area contributed by atoms with Crippen LogP contribution in [0.5, 0.6) is 0 Å². The number of hydrogen-bond donors (Lipinski definition) is 2. The maximum absolute atomic E-state index is 12.2. The monoisotopic (exact) mass is 281 g/mol. The van der Waals surface area contributed by atoms with E-state index in [1.54, 1.807) is 17.4 Å². The van der Waals surface area contributed by atoms with E-state index in [-0.39, 0.29) is 11.9 Å². The molecule has 2 rings (SSSR count). The largest absolute Gasteiger partial charge is 0.350 e. The highest BCUT2D eigenvalue weighted by atomic mass is 32.1. The van der Waals surface area contributed by atoms with Gasteiger partial charge in [0.2, 0.25) is 0 Å². The molecule has 1 aromatic rings. The fourth-order valence-corrected chi connectivity index (χ4v) is 2.41. The maximum Gasteiger partial charge on any atom is 0.251 e. The summed E-state index contributed by atoms with van der Waals surface area (Å²) < 4.78 is 0. The number of aromatic amines is 1. The molecule has 1 aromatic heterocycles. The molecule has 0 aromatic carbocycles. The van der Waals surface area contributed by atoms with Gasteiger partial charge < -0.3 is 15.2 Å². The molecule has 0 saturated carbocycles. The molecule has 19 heavy (non-hydrogen) atoms. The second-order valence-corrected chi connectivity index (χ2v) is 5.32. The standard InChI is InChI=1S/C12H19N5OS/c1-16(2)4-3-5-17-11(18)10(15-12(17)19)6-9-7-13-8-14-9/h7-8,10H,3-6H2,1-2H3,(H,13,14)(H,15,19). The average molecular weight is 281 g/mol. The molecule has 0 radical (unpaired) electrons. The van der Waals surface area contributed by atoms with Gasteiger partial charge in [0.15, 0.2) is 5.11 Å². The van der Waals surface area contributed by atoms with Crippen molar-refractivity contribution in [3.05, 3.63) is 18.2 Å². The second-order valence-electron chi connectivity index (χ2n) is 4.93. The van der Waals surface area contributed by atoms with Crippen LogP contribution < -0.4 is 5.32 Å². The van der Waals surface area contributed by atoms with Gasteiger partial charge in [-0.15, -0.1) is 0 Å². The predicted octanol–water partition coefficient (Wildman–Crippen LogP) is -0.0108. The highest BCUT2D eigenvalue weighted by molar-refractivity contribution is 7.80. The van der Waals surface area contributed by atoms with Crippen LogP contribution in [0, 0.1) is 0 Å². The highest BCUT2D eigenvalue weighted by Gasteiger charge is 2.35. The molecule has 1 amide bonds. The Balaban J connectivity index is 1.89. The third-order valence-corrected chi connectivity index (χ3v) is 3.41. The minimum atomic E-state index is -0.271. The third-order valence-electron chi connectivity index (χ3n) is 3.07. The smallest absolute Gasteiger partial charge is 0.251 e. The van der Waals surface area contributed by atoms with E-state index in [0.717, 1.165) is 18.7 Å². The van der Waals surface area contributed by atoms with Crippen LogP contribution in [-0.4, -0.2) is 64.0 Å². The predicted molar refractivity (Wildman–Crippen MR) is 76.7 cm³/mol. The maximum atomic E-state index is 12.2. The van der Waals surface area contributed by atoms with Gasteiger partial charge in [-0.1, -0.05) is 0 Å². The molecule has 1 aliphatic rings. The zero-order valence-electron chi connectivity index (χ0n) is 11.2. The van der Waals surface area contributed by atoms with Gasteiger partial charge in [0.1, 0.15) is 6.04 Å². The summed E-state index contributed by atoms with van der Waals surface area (Å²) >= 11 is 5.22. The van der Waals surface area contributed by atoms with Gasteiger partial charge in [-0.2, -0.15) is 0 Å². The first-order chi connectivity index (χ1) is 9.08. The zero-order chi connectivity index (χ0) is 13.8. The van der Waals surface area contributed by atoms with Gasteiger partial charge in [-0.05, 0) is 39.3 Å². The fraction of sp³-hybridized carbons (Fsp3) is 0.583. The molecule has 1 unspecified atom stereocenters. The van der Waals surface area contributed by atoms with Gasteiger partial charge in [0.25, 0.3) is 5.91 Å². The number of imidazole rings is 1. The number of carbonyl (C=O) groups excluding carboxylic acids is 1. The minimum absolute atomic E-state index is 0.0540. The van der Waals surface area contributed by atoms with Crippen LogP contribution in [-0.2, 0) is 11.2 Å². The quantitative estimate of drug-likeness (QED) is 0.718. The summed E-state index contributed by atoms with van der Waals surface area (Å²) in [5.74, 6) is 0.0540. The number of nitrogens with one attached hydrogen (secondary N) is 2. The van der Waals surface area contributed by atoms with E-state index in [2.05, 4.69) is 20.2 Å². The Labute approximate surface area is 118 Å². The lowest BCUT2D eigenvalue weighted by atomic mass is 10.1. The summed E-state index contributed by atoms with van der Waals surface area (Å²) in [6, 6.07) is -0.271. The molecule has 0 bridgehead atoms. The molecule has 0 aliphatic carbocycles. The number of thiocarbonyl (C=S) groups is 1. The third kappa shape index (κ3) is 3.51.